The number of hydrogen-bond acceptors (Lipinski definition) is 2. The molecule has 0 bridgehead atoms. The van der Waals surface area contributed by atoms with Gasteiger partial charge in [0.25, 0.3) is 0 Å². The summed E-state index contributed by atoms with van der Waals surface area (Å²) in [6.07, 6.45) is 0.759. The van der Waals surface area contributed by atoms with E-state index in [-0.39, 0.29) is 30.2 Å². The van der Waals surface area contributed by atoms with E-state index in [9.17, 15) is 9.59 Å². The highest BCUT2D eigenvalue weighted by Crippen LogP contribution is 2.14. The van der Waals surface area contributed by atoms with Crippen molar-refractivity contribution in [3.05, 3.63) is 30.3 Å². The van der Waals surface area contributed by atoms with Crippen molar-refractivity contribution in [2.24, 2.45) is 11.8 Å². The number of nitrogens with one attached hydrogen (secondary N) is 1. The van der Waals surface area contributed by atoms with Gasteiger partial charge < -0.3 is 10.2 Å². The third kappa shape index (κ3) is 5.84. The third-order valence-electron chi connectivity index (χ3n) is 3.49. The zero-order valence-electron chi connectivity index (χ0n) is 13.0. The highest BCUT2D eigenvalue weighted by atomic mass is 31.0. The molecule has 0 saturated carbocycles. The van der Waals surface area contributed by atoms with Gasteiger partial charge in [0.2, 0.25) is 11.8 Å². The molecule has 0 aliphatic heterocycles. The Morgan fingerprint density at radius 1 is 1.19 bits per heavy atom. The van der Waals surface area contributed by atoms with Crippen LogP contribution in [0.3, 0.4) is 0 Å². The normalized spacial score (nSPS) is 12.0. The highest BCUT2D eigenvalue weighted by Gasteiger charge is 2.24. The quantitative estimate of drug-likeness (QED) is 0.787. The minimum absolute atomic E-state index is 0.0376. The Hall–Kier alpha value is -1.41. The molecule has 2 atom stereocenters. The fourth-order valence-corrected chi connectivity index (χ4v) is 2.20. The maximum Gasteiger partial charge on any atom is 0.243 e. The summed E-state index contributed by atoms with van der Waals surface area (Å²) >= 11 is 0. The molecule has 1 rings (SSSR count). The van der Waals surface area contributed by atoms with Crippen molar-refractivity contribution >= 4 is 26.7 Å². The lowest BCUT2D eigenvalue weighted by Crippen LogP contribution is -2.42. The van der Waals surface area contributed by atoms with Gasteiger partial charge in [-0.1, -0.05) is 39.0 Å². The first-order valence-corrected chi connectivity index (χ1v) is 8.11. The Morgan fingerprint density at radius 3 is 2.33 bits per heavy atom. The van der Waals surface area contributed by atoms with Gasteiger partial charge >= 0.3 is 0 Å². The molecule has 21 heavy (non-hydrogen) atoms. The Bertz CT molecular complexity index is 463. The van der Waals surface area contributed by atoms with Crippen LogP contribution in [0.15, 0.2) is 30.3 Å². The van der Waals surface area contributed by atoms with Crippen LogP contribution in [-0.2, 0) is 9.59 Å². The topological polar surface area (TPSA) is 49.4 Å². The number of rotatable bonds is 7. The standard InChI is InChI=1S/C16H25N2O2P/c1-12(2)13(3)16(20)18(9-10-21)11-15(19)17-14-7-5-4-6-8-14/h4-8,12-13H,9-11,21H2,1-3H3,(H,17,19)/t13-/m0/s1. The molecular formula is C16H25N2O2P. The van der Waals surface area contributed by atoms with Gasteiger partial charge in [-0.3, -0.25) is 9.59 Å². The van der Waals surface area contributed by atoms with Crippen LogP contribution >= 0.6 is 9.24 Å². The molecule has 1 aromatic rings. The minimum Gasteiger partial charge on any atom is -0.333 e. The van der Waals surface area contributed by atoms with Gasteiger partial charge in [-0.2, -0.15) is 0 Å². The Balaban J connectivity index is 2.65. The predicted octanol–water partition coefficient (Wildman–Crippen LogP) is 2.62. The molecule has 2 amide bonds. The summed E-state index contributed by atoms with van der Waals surface area (Å²) in [5, 5.41) is 2.81. The summed E-state index contributed by atoms with van der Waals surface area (Å²) < 4.78 is 0. The van der Waals surface area contributed by atoms with E-state index in [2.05, 4.69) is 14.6 Å². The van der Waals surface area contributed by atoms with Crippen LogP contribution in [0.25, 0.3) is 0 Å². The molecule has 0 aliphatic rings. The van der Waals surface area contributed by atoms with E-state index in [0.717, 1.165) is 11.8 Å². The lowest BCUT2D eigenvalue weighted by atomic mass is 9.96. The van der Waals surface area contributed by atoms with Crippen LogP contribution in [0.2, 0.25) is 0 Å². The molecule has 4 nitrogen and oxygen atoms in total. The molecule has 1 unspecified atom stereocenters. The van der Waals surface area contributed by atoms with Gasteiger partial charge in [-0.05, 0) is 24.2 Å². The van der Waals surface area contributed by atoms with Crippen LogP contribution in [0.5, 0.6) is 0 Å². The van der Waals surface area contributed by atoms with Crippen molar-refractivity contribution in [1.29, 1.82) is 0 Å². The number of para-hydroxylation sites is 1. The first-order chi connectivity index (χ1) is 9.95. The number of anilines is 1. The number of nitrogens with zero attached hydrogens (tertiary/aromatic N) is 1. The second kappa shape index (κ2) is 8.78. The minimum atomic E-state index is -0.163. The molecule has 0 aliphatic carbocycles. The SMILES string of the molecule is CC(C)[C@H](C)C(=O)N(CCP)CC(=O)Nc1ccccc1. The van der Waals surface area contributed by atoms with Crippen molar-refractivity contribution < 1.29 is 9.59 Å². The molecule has 0 radical (unpaired) electrons. The van der Waals surface area contributed by atoms with Gasteiger partial charge in [0, 0.05) is 18.2 Å². The average molecular weight is 308 g/mol. The van der Waals surface area contributed by atoms with Gasteiger partial charge in [-0.15, -0.1) is 9.24 Å². The summed E-state index contributed by atoms with van der Waals surface area (Å²) in [7, 11) is 2.60. The Kier molecular flexibility index (Phi) is 7.38. The van der Waals surface area contributed by atoms with Gasteiger partial charge in [0.15, 0.2) is 0 Å². The Morgan fingerprint density at radius 2 is 1.81 bits per heavy atom. The summed E-state index contributed by atoms with van der Waals surface area (Å²) in [4.78, 5) is 26.1. The van der Waals surface area contributed by atoms with Crippen LogP contribution in [0.1, 0.15) is 20.8 Å². The molecule has 0 saturated heterocycles. The first kappa shape index (κ1) is 17.6. The first-order valence-electron chi connectivity index (χ1n) is 7.29. The maximum absolute atomic E-state index is 12.4. The van der Waals surface area contributed by atoms with Crippen LogP contribution in [-0.4, -0.2) is 36.0 Å². The van der Waals surface area contributed by atoms with Crippen molar-refractivity contribution in [3.8, 4) is 0 Å². The smallest absolute Gasteiger partial charge is 0.243 e. The Labute approximate surface area is 129 Å². The molecule has 1 aromatic carbocycles. The number of carbonyl (C=O) groups is 2. The highest BCUT2D eigenvalue weighted by molar-refractivity contribution is 7.16. The van der Waals surface area contributed by atoms with Gasteiger partial charge in [0.05, 0.1) is 6.54 Å². The molecular weight excluding hydrogens is 283 g/mol. The average Bonchev–Trinajstić information content (AvgIpc) is 2.46. The molecule has 116 valence electrons. The summed E-state index contributed by atoms with van der Waals surface area (Å²) in [6, 6.07) is 9.28. The van der Waals surface area contributed by atoms with Crippen LogP contribution in [0, 0.1) is 11.8 Å². The van der Waals surface area contributed by atoms with E-state index in [4.69, 9.17) is 0 Å². The van der Waals surface area contributed by atoms with E-state index in [0.29, 0.717) is 6.54 Å². The fraction of sp³-hybridized carbons (Fsp3) is 0.500. The van der Waals surface area contributed by atoms with Crippen molar-refractivity contribution in [3.63, 3.8) is 0 Å². The van der Waals surface area contributed by atoms with E-state index in [1.165, 1.54) is 0 Å². The molecule has 1 N–H and O–H groups in total. The van der Waals surface area contributed by atoms with Crippen molar-refractivity contribution in [1.82, 2.24) is 4.90 Å². The molecule has 5 heteroatoms. The second-order valence-electron chi connectivity index (χ2n) is 5.50. The predicted molar refractivity (Wildman–Crippen MR) is 90.2 cm³/mol. The summed E-state index contributed by atoms with van der Waals surface area (Å²) in [6.45, 7) is 6.62. The second-order valence-corrected chi connectivity index (χ2v) is 6.07. The van der Waals surface area contributed by atoms with E-state index >= 15 is 0 Å². The van der Waals surface area contributed by atoms with E-state index in [1.807, 2.05) is 51.1 Å². The third-order valence-corrected chi connectivity index (χ3v) is 3.75. The van der Waals surface area contributed by atoms with Crippen LogP contribution < -0.4 is 5.32 Å². The lowest BCUT2D eigenvalue weighted by Gasteiger charge is -2.26. The van der Waals surface area contributed by atoms with Crippen LogP contribution in [0.4, 0.5) is 5.69 Å². The maximum atomic E-state index is 12.4. The zero-order valence-corrected chi connectivity index (χ0v) is 14.2. The fourth-order valence-electron chi connectivity index (χ4n) is 1.89. The van der Waals surface area contributed by atoms with E-state index in [1.54, 1.807) is 4.90 Å². The lowest BCUT2D eigenvalue weighted by molar-refractivity contribution is -0.138. The zero-order chi connectivity index (χ0) is 15.8. The molecule has 0 heterocycles. The van der Waals surface area contributed by atoms with Gasteiger partial charge in [-0.25, -0.2) is 0 Å². The summed E-state index contributed by atoms with van der Waals surface area (Å²) in [5.41, 5.74) is 0.748. The number of amides is 2. The van der Waals surface area contributed by atoms with Crippen molar-refractivity contribution in [2.75, 3.05) is 24.6 Å². The van der Waals surface area contributed by atoms with Crippen molar-refractivity contribution in [2.45, 2.75) is 20.8 Å². The number of hydrogen-bond donors (Lipinski definition) is 1. The number of benzene rings is 1. The molecule has 0 fully saturated rings. The van der Waals surface area contributed by atoms with Gasteiger partial charge in [0.1, 0.15) is 0 Å². The largest absolute Gasteiger partial charge is 0.333 e. The monoisotopic (exact) mass is 308 g/mol. The summed E-state index contributed by atoms with van der Waals surface area (Å²) in [5.74, 6) is 0.0624. The molecule has 0 spiro atoms. The van der Waals surface area contributed by atoms with E-state index < -0.39 is 0 Å². The number of carbonyl (C=O) groups excluding carboxylic acids is 2. The molecule has 0 aromatic heterocycles.